The van der Waals surface area contributed by atoms with E-state index >= 15 is 0 Å². The van der Waals surface area contributed by atoms with Crippen LogP contribution in [0.2, 0.25) is 0 Å². The van der Waals surface area contributed by atoms with Crippen LogP contribution in [0.15, 0.2) is 18.2 Å². The van der Waals surface area contributed by atoms with Crippen LogP contribution in [0, 0.1) is 11.6 Å². The monoisotopic (exact) mass is 422 g/mol. The molecule has 30 heavy (non-hydrogen) atoms. The van der Waals surface area contributed by atoms with Crippen LogP contribution < -0.4 is 10.6 Å². The van der Waals surface area contributed by atoms with Crippen molar-refractivity contribution in [2.24, 2.45) is 0 Å². The number of hydrogen-bond acceptors (Lipinski definition) is 5. The van der Waals surface area contributed by atoms with E-state index < -0.39 is 54.4 Å². The molecule has 6 amide bonds. The zero-order valence-corrected chi connectivity index (χ0v) is 16.0. The van der Waals surface area contributed by atoms with E-state index in [1.165, 1.54) is 0 Å². The average Bonchev–Trinajstić information content (AvgIpc) is 2.93. The molecule has 1 heterocycles. The summed E-state index contributed by atoms with van der Waals surface area (Å²) in [6.07, 6.45) is 3.94. The van der Waals surface area contributed by atoms with Gasteiger partial charge in [-0.15, -0.1) is 0 Å². The Morgan fingerprint density at radius 2 is 1.67 bits per heavy atom. The Hall–Kier alpha value is -3.37. The van der Waals surface area contributed by atoms with Gasteiger partial charge in [0.25, 0.3) is 0 Å². The third-order valence-electron chi connectivity index (χ3n) is 4.97. The van der Waals surface area contributed by atoms with E-state index in [2.05, 4.69) is 10.6 Å². The molecule has 0 unspecified atom stereocenters. The number of anilines is 1. The first kappa shape index (κ1) is 21.3. The Morgan fingerprint density at radius 1 is 0.967 bits per heavy atom. The molecule has 0 bridgehead atoms. The van der Waals surface area contributed by atoms with Crippen molar-refractivity contribution in [1.82, 2.24) is 15.1 Å². The molecule has 1 aliphatic heterocycles. The van der Waals surface area contributed by atoms with E-state index in [4.69, 9.17) is 0 Å². The quantitative estimate of drug-likeness (QED) is 0.527. The lowest BCUT2D eigenvalue weighted by atomic mass is 9.94. The summed E-state index contributed by atoms with van der Waals surface area (Å²) >= 11 is 0. The van der Waals surface area contributed by atoms with Gasteiger partial charge in [0.15, 0.2) is 11.6 Å². The first-order chi connectivity index (χ1) is 14.3. The highest BCUT2D eigenvalue weighted by atomic mass is 19.2. The van der Waals surface area contributed by atoms with E-state index in [9.17, 15) is 32.8 Å². The highest BCUT2D eigenvalue weighted by molar-refractivity contribution is 6.45. The van der Waals surface area contributed by atoms with Crippen LogP contribution in [0.3, 0.4) is 0 Å². The van der Waals surface area contributed by atoms with Gasteiger partial charge in [-0.1, -0.05) is 19.3 Å². The maximum Gasteiger partial charge on any atom is 0.334 e. The minimum atomic E-state index is -1.14. The highest BCUT2D eigenvalue weighted by Gasteiger charge is 2.48. The second-order valence-electron chi connectivity index (χ2n) is 7.09. The number of benzene rings is 1. The van der Waals surface area contributed by atoms with Gasteiger partial charge in [-0.2, -0.15) is 0 Å². The van der Waals surface area contributed by atoms with Crippen molar-refractivity contribution in [1.29, 1.82) is 0 Å². The Labute approximate surface area is 170 Å². The zero-order valence-electron chi connectivity index (χ0n) is 16.0. The molecule has 0 radical (unpaired) electrons. The van der Waals surface area contributed by atoms with Crippen LogP contribution in [-0.4, -0.2) is 58.6 Å². The van der Waals surface area contributed by atoms with E-state index in [0.29, 0.717) is 17.7 Å². The first-order valence-electron chi connectivity index (χ1n) is 9.48. The summed E-state index contributed by atoms with van der Waals surface area (Å²) < 4.78 is 26.0. The lowest BCUT2D eigenvalue weighted by Gasteiger charge is -2.28. The molecule has 0 atom stereocenters. The van der Waals surface area contributed by atoms with Gasteiger partial charge >= 0.3 is 17.8 Å². The fourth-order valence-electron chi connectivity index (χ4n) is 3.48. The molecule has 1 aliphatic carbocycles. The molecule has 2 N–H and O–H groups in total. The number of hydrogen-bond donors (Lipinski definition) is 2. The van der Waals surface area contributed by atoms with Gasteiger partial charge in [0.05, 0.1) is 6.54 Å². The number of carbonyl (C=O) groups excluding carboxylic acids is 5. The van der Waals surface area contributed by atoms with E-state index in [1.54, 1.807) is 0 Å². The van der Waals surface area contributed by atoms with Gasteiger partial charge in [0.1, 0.15) is 6.54 Å². The molecule has 9 nitrogen and oxygen atoms in total. The van der Waals surface area contributed by atoms with Gasteiger partial charge in [-0.25, -0.2) is 18.5 Å². The maximum atomic E-state index is 13.1. The summed E-state index contributed by atoms with van der Waals surface area (Å²) in [5.74, 6) is -5.79. The lowest BCUT2D eigenvalue weighted by Crippen LogP contribution is -2.45. The van der Waals surface area contributed by atoms with Crippen molar-refractivity contribution in [2.45, 2.75) is 38.1 Å². The minimum absolute atomic E-state index is 0.00762. The largest absolute Gasteiger partial charge is 0.345 e. The summed E-state index contributed by atoms with van der Waals surface area (Å²) in [6.45, 7) is -1.24. The molecule has 160 valence electrons. The van der Waals surface area contributed by atoms with Gasteiger partial charge in [0.2, 0.25) is 11.8 Å². The van der Waals surface area contributed by atoms with Gasteiger partial charge in [0, 0.05) is 17.8 Å². The molecule has 1 aromatic rings. The number of carbonyl (C=O) groups is 5. The summed E-state index contributed by atoms with van der Waals surface area (Å²) in [4.78, 5) is 62.2. The van der Waals surface area contributed by atoms with Crippen LogP contribution in [0.4, 0.5) is 19.3 Å². The predicted molar refractivity (Wildman–Crippen MR) is 98.8 cm³/mol. The topological polar surface area (TPSA) is 116 Å². The fourth-order valence-corrected chi connectivity index (χ4v) is 3.48. The number of nitrogens with one attached hydrogen (secondary N) is 2. The van der Waals surface area contributed by atoms with E-state index in [-0.39, 0.29) is 11.7 Å². The van der Waals surface area contributed by atoms with Crippen molar-refractivity contribution in [3.63, 3.8) is 0 Å². The summed E-state index contributed by atoms with van der Waals surface area (Å²) in [6, 6.07) is 1.58. The number of urea groups is 1. The Kier molecular flexibility index (Phi) is 6.38. The van der Waals surface area contributed by atoms with Crippen LogP contribution in [0.25, 0.3) is 0 Å². The number of nitrogens with zero attached hydrogens (tertiary/aromatic N) is 2. The molecule has 2 aliphatic rings. The van der Waals surface area contributed by atoms with Crippen molar-refractivity contribution in [3.05, 3.63) is 29.8 Å². The SMILES string of the molecule is O=C(CN1C(=O)C(=O)N(C2CCCCC2)C1=O)NCC(=O)Nc1ccc(F)c(F)c1. The van der Waals surface area contributed by atoms with Gasteiger partial charge in [-0.3, -0.25) is 24.1 Å². The molecule has 0 spiro atoms. The minimum Gasteiger partial charge on any atom is -0.345 e. The van der Waals surface area contributed by atoms with Crippen molar-refractivity contribution >= 4 is 35.3 Å². The number of amides is 6. The van der Waals surface area contributed by atoms with E-state index in [0.717, 1.165) is 42.4 Å². The van der Waals surface area contributed by atoms with E-state index in [1.807, 2.05) is 0 Å². The lowest BCUT2D eigenvalue weighted by molar-refractivity contribution is -0.144. The highest BCUT2D eigenvalue weighted by Crippen LogP contribution is 2.26. The normalized spacial score (nSPS) is 17.5. The summed E-state index contributed by atoms with van der Waals surface area (Å²) in [5.41, 5.74) is -0.00762. The second kappa shape index (κ2) is 8.97. The standard InChI is InChI=1S/C19H20F2N4O5/c20-13-7-6-11(8-14(13)21)23-15(26)9-22-16(27)10-24-17(28)18(29)25(19(24)30)12-4-2-1-3-5-12/h6-8,12H,1-5,9-10H2,(H,22,27)(H,23,26). The van der Waals surface area contributed by atoms with Gasteiger partial charge in [-0.05, 0) is 25.0 Å². The second-order valence-corrected chi connectivity index (χ2v) is 7.09. The molecular weight excluding hydrogens is 402 g/mol. The van der Waals surface area contributed by atoms with Gasteiger partial charge < -0.3 is 10.6 Å². The zero-order chi connectivity index (χ0) is 21.8. The number of halogens is 2. The third-order valence-corrected chi connectivity index (χ3v) is 4.97. The molecule has 0 aromatic heterocycles. The van der Waals surface area contributed by atoms with Crippen molar-refractivity contribution in [3.8, 4) is 0 Å². The Bertz CT molecular complexity index is 901. The predicted octanol–water partition coefficient (Wildman–Crippen LogP) is 1.14. The van der Waals surface area contributed by atoms with Crippen LogP contribution in [0.1, 0.15) is 32.1 Å². The Morgan fingerprint density at radius 3 is 2.33 bits per heavy atom. The molecule has 3 rings (SSSR count). The van der Waals surface area contributed by atoms with Crippen molar-refractivity contribution in [2.75, 3.05) is 18.4 Å². The molecule has 1 saturated heterocycles. The molecule has 1 saturated carbocycles. The van der Waals surface area contributed by atoms with Crippen LogP contribution >= 0.6 is 0 Å². The van der Waals surface area contributed by atoms with Crippen LogP contribution in [0.5, 0.6) is 0 Å². The third kappa shape index (κ3) is 4.61. The maximum absolute atomic E-state index is 13.1. The summed E-state index contributed by atoms with van der Waals surface area (Å²) in [7, 11) is 0. The number of imide groups is 2. The fraction of sp³-hybridized carbons (Fsp3) is 0.421. The molecule has 2 fully saturated rings. The van der Waals surface area contributed by atoms with Crippen LogP contribution in [-0.2, 0) is 19.2 Å². The molecule has 1 aromatic carbocycles. The smallest absolute Gasteiger partial charge is 0.334 e. The van der Waals surface area contributed by atoms with Crippen molar-refractivity contribution < 1.29 is 32.8 Å². The average molecular weight is 422 g/mol. The number of rotatable bonds is 6. The molecular formula is C19H20F2N4O5. The first-order valence-corrected chi connectivity index (χ1v) is 9.48. The summed E-state index contributed by atoms with van der Waals surface area (Å²) in [5, 5.41) is 4.47. The Balaban J connectivity index is 1.52. The molecule has 11 heteroatoms.